The second-order valence-electron chi connectivity index (χ2n) is 11.7. The van der Waals surface area contributed by atoms with Crippen LogP contribution in [0.1, 0.15) is 5.56 Å². The van der Waals surface area contributed by atoms with Gasteiger partial charge in [0.1, 0.15) is 0 Å². The Morgan fingerprint density at radius 2 is 0.956 bits per heavy atom. The molecule has 1 heteroatoms. The normalized spacial score (nSPS) is 16.8. The van der Waals surface area contributed by atoms with E-state index < -0.39 is 0 Å². The SMILES string of the molecule is C1=CC2C=CC=C(c3ccc(N(c4ccc(-c5ccccc5)cc4)c4ccc(-c5cccc6ccccc56)cc4)cc3)C2C=C1. The lowest BCUT2D eigenvalue weighted by atomic mass is 9.77. The van der Waals surface area contributed by atoms with Crippen LogP contribution in [0, 0.1) is 11.8 Å². The lowest BCUT2D eigenvalue weighted by Crippen LogP contribution is -2.15. The molecule has 2 aliphatic carbocycles. The minimum atomic E-state index is 0.383. The lowest BCUT2D eigenvalue weighted by molar-refractivity contribution is 0.678. The number of hydrogen-bond donors (Lipinski definition) is 0. The van der Waals surface area contributed by atoms with Crippen LogP contribution in [0.2, 0.25) is 0 Å². The Labute approximate surface area is 265 Å². The van der Waals surface area contributed by atoms with E-state index in [-0.39, 0.29) is 0 Å². The van der Waals surface area contributed by atoms with E-state index in [1.54, 1.807) is 0 Å². The van der Waals surface area contributed by atoms with Gasteiger partial charge in [-0.25, -0.2) is 0 Å². The molecule has 6 aromatic rings. The van der Waals surface area contributed by atoms with E-state index in [2.05, 4.69) is 193 Å². The summed E-state index contributed by atoms with van der Waals surface area (Å²) >= 11 is 0. The molecule has 0 saturated carbocycles. The van der Waals surface area contributed by atoms with E-state index in [0.29, 0.717) is 11.8 Å². The van der Waals surface area contributed by atoms with Gasteiger partial charge in [-0.2, -0.15) is 0 Å². The molecule has 0 radical (unpaired) electrons. The van der Waals surface area contributed by atoms with Gasteiger partial charge in [-0.15, -0.1) is 0 Å². The fraction of sp³-hybridized carbons (Fsp3) is 0.0455. The van der Waals surface area contributed by atoms with Gasteiger partial charge < -0.3 is 4.90 Å². The zero-order chi connectivity index (χ0) is 30.0. The third-order valence-corrected chi connectivity index (χ3v) is 9.06. The van der Waals surface area contributed by atoms with Crippen LogP contribution < -0.4 is 4.90 Å². The first-order valence-corrected chi connectivity index (χ1v) is 15.7. The molecule has 0 aromatic heterocycles. The topological polar surface area (TPSA) is 3.24 Å². The highest BCUT2D eigenvalue weighted by atomic mass is 15.1. The van der Waals surface area contributed by atoms with Gasteiger partial charge in [-0.1, -0.05) is 152 Å². The van der Waals surface area contributed by atoms with Gasteiger partial charge in [-0.3, -0.25) is 0 Å². The third-order valence-electron chi connectivity index (χ3n) is 9.06. The predicted molar refractivity (Wildman–Crippen MR) is 192 cm³/mol. The van der Waals surface area contributed by atoms with Crippen LogP contribution in [0.3, 0.4) is 0 Å². The standard InChI is InChI=1S/C44H33N/c1-2-10-32(11-3-1)33-20-26-38(27-21-33)45(39-28-22-36(23-29-39)43-18-8-14-34-12-4-6-16-41(34)43)40-30-24-37(25-31-40)44-19-9-15-35-13-5-7-17-42(35)44/h1-31,34,41H. The molecule has 1 nitrogen and oxygen atoms in total. The Morgan fingerprint density at radius 1 is 0.400 bits per heavy atom. The fourth-order valence-electron chi connectivity index (χ4n) is 6.76. The van der Waals surface area contributed by atoms with Crippen molar-refractivity contribution in [2.24, 2.45) is 11.8 Å². The molecule has 45 heavy (non-hydrogen) atoms. The summed E-state index contributed by atoms with van der Waals surface area (Å²) in [5.74, 6) is 0.809. The minimum Gasteiger partial charge on any atom is -0.311 e. The Balaban J connectivity index is 1.17. The summed E-state index contributed by atoms with van der Waals surface area (Å²) in [6, 6.07) is 52.7. The summed E-state index contributed by atoms with van der Waals surface area (Å²) in [7, 11) is 0. The molecule has 0 heterocycles. The highest BCUT2D eigenvalue weighted by molar-refractivity contribution is 5.97. The summed E-state index contributed by atoms with van der Waals surface area (Å²) in [6.45, 7) is 0. The van der Waals surface area contributed by atoms with E-state index in [1.807, 2.05) is 0 Å². The van der Waals surface area contributed by atoms with Crippen LogP contribution in [0.25, 0.3) is 38.6 Å². The van der Waals surface area contributed by atoms with Crippen molar-refractivity contribution < 1.29 is 0 Å². The van der Waals surface area contributed by atoms with Gasteiger partial charge in [0.05, 0.1) is 0 Å². The van der Waals surface area contributed by atoms with Crippen molar-refractivity contribution in [2.45, 2.75) is 0 Å². The quantitative estimate of drug-likeness (QED) is 0.191. The maximum absolute atomic E-state index is 2.35. The van der Waals surface area contributed by atoms with Crippen molar-refractivity contribution in [3.63, 3.8) is 0 Å². The second-order valence-corrected chi connectivity index (χ2v) is 11.7. The van der Waals surface area contributed by atoms with Crippen molar-refractivity contribution >= 4 is 33.4 Å². The molecule has 0 N–H and O–H groups in total. The van der Waals surface area contributed by atoms with E-state index in [4.69, 9.17) is 0 Å². The van der Waals surface area contributed by atoms with Crippen molar-refractivity contribution in [1.29, 1.82) is 0 Å². The van der Waals surface area contributed by atoms with E-state index >= 15 is 0 Å². The Bertz CT molecular complexity index is 2070. The summed E-state index contributed by atoms with van der Waals surface area (Å²) in [5, 5.41) is 2.53. The zero-order valence-corrected chi connectivity index (χ0v) is 25.0. The molecule has 2 aliphatic rings. The van der Waals surface area contributed by atoms with Gasteiger partial charge >= 0.3 is 0 Å². The van der Waals surface area contributed by atoms with Crippen LogP contribution >= 0.6 is 0 Å². The number of anilines is 3. The molecule has 8 rings (SSSR count). The Kier molecular flexibility index (Phi) is 7.05. The maximum atomic E-state index is 2.35. The Morgan fingerprint density at radius 3 is 1.69 bits per heavy atom. The molecule has 0 fully saturated rings. The van der Waals surface area contributed by atoms with Crippen LogP contribution in [-0.4, -0.2) is 0 Å². The number of hydrogen-bond acceptors (Lipinski definition) is 1. The smallest absolute Gasteiger partial charge is 0.0462 e. The van der Waals surface area contributed by atoms with Gasteiger partial charge in [0.2, 0.25) is 0 Å². The number of allylic oxidation sites excluding steroid dienone is 8. The van der Waals surface area contributed by atoms with Gasteiger partial charge in [0, 0.05) is 28.9 Å². The second kappa shape index (κ2) is 11.8. The fourth-order valence-corrected chi connectivity index (χ4v) is 6.76. The predicted octanol–water partition coefficient (Wildman–Crippen LogP) is 12.0. The first-order valence-electron chi connectivity index (χ1n) is 15.7. The summed E-state index contributed by atoms with van der Waals surface area (Å²) < 4.78 is 0. The van der Waals surface area contributed by atoms with E-state index in [1.165, 1.54) is 44.2 Å². The average molecular weight is 576 g/mol. The van der Waals surface area contributed by atoms with Crippen LogP contribution in [-0.2, 0) is 0 Å². The van der Waals surface area contributed by atoms with Crippen molar-refractivity contribution in [2.75, 3.05) is 4.90 Å². The van der Waals surface area contributed by atoms with Gasteiger partial charge in [-0.05, 0) is 80.6 Å². The molecule has 214 valence electrons. The molecule has 0 spiro atoms. The van der Waals surface area contributed by atoms with Crippen LogP contribution in [0.4, 0.5) is 17.1 Å². The average Bonchev–Trinajstić information content (AvgIpc) is 3.13. The molecular formula is C44H33N. The maximum Gasteiger partial charge on any atom is 0.0462 e. The monoisotopic (exact) mass is 575 g/mol. The summed E-state index contributed by atoms with van der Waals surface area (Å²) in [6.07, 6.45) is 15.7. The molecule has 0 saturated heterocycles. The van der Waals surface area contributed by atoms with Gasteiger partial charge in [0.15, 0.2) is 0 Å². The van der Waals surface area contributed by atoms with Crippen molar-refractivity contribution in [1.82, 2.24) is 0 Å². The molecule has 0 bridgehead atoms. The first-order chi connectivity index (χ1) is 22.3. The van der Waals surface area contributed by atoms with Crippen LogP contribution in [0.5, 0.6) is 0 Å². The number of nitrogens with zero attached hydrogens (tertiary/aromatic N) is 1. The zero-order valence-electron chi connectivity index (χ0n) is 25.0. The highest BCUT2D eigenvalue weighted by Gasteiger charge is 2.24. The summed E-state index contributed by atoms with van der Waals surface area (Å²) in [5.41, 5.74) is 10.9. The number of rotatable bonds is 6. The highest BCUT2D eigenvalue weighted by Crippen LogP contribution is 2.40. The lowest BCUT2D eigenvalue weighted by Gasteiger charge is -2.29. The molecule has 6 aromatic carbocycles. The first kappa shape index (κ1) is 26.9. The molecule has 2 atom stereocenters. The van der Waals surface area contributed by atoms with Crippen molar-refractivity contribution in [3.05, 3.63) is 194 Å². The number of fused-ring (bicyclic) bond motifs is 2. The molecule has 2 unspecified atom stereocenters. The third kappa shape index (κ3) is 5.24. The van der Waals surface area contributed by atoms with E-state index in [0.717, 1.165) is 17.1 Å². The Hall–Kier alpha value is -5.66. The van der Waals surface area contributed by atoms with Crippen LogP contribution in [0.15, 0.2) is 188 Å². The van der Waals surface area contributed by atoms with E-state index in [9.17, 15) is 0 Å². The molecular weight excluding hydrogens is 542 g/mol. The summed E-state index contributed by atoms with van der Waals surface area (Å²) in [4.78, 5) is 2.35. The molecule has 0 amide bonds. The largest absolute Gasteiger partial charge is 0.311 e. The van der Waals surface area contributed by atoms with Crippen molar-refractivity contribution in [3.8, 4) is 22.3 Å². The number of benzene rings is 6. The minimum absolute atomic E-state index is 0.383. The van der Waals surface area contributed by atoms with Gasteiger partial charge in [0.25, 0.3) is 0 Å². The molecule has 0 aliphatic heterocycles.